The van der Waals surface area contributed by atoms with E-state index in [9.17, 15) is 19.2 Å². The van der Waals surface area contributed by atoms with Crippen molar-refractivity contribution in [2.45, 2.75) is 19.1 Å². The van der Waals surface area contributed by atoms with Crippen molar-refractivity contribution >= 4 is 23.9 Å². The van der Waals surface area contributed by atoms with Gasteiger partial charge in [-0.25, -0.2) is 4.79 Å². The molecule has 0 saturated carbocycles. The molecule has 0 aromatic heterocycles. The topological polar surface area (TPSA) is 123 Å². The molecule has 3 N–H and O–H groups in total. The minimum Gasteiger partial charge on any atom is -0.468 e. The Kier molecular flexibility index (Phi) is 9.54. The summed E-state index contributed by atoms with van der Waals surface area (Å²) in [6.45, 7) is -0.620. The van der Waals surface area contributed by atoms with Gasteiger partial charge in [-0.05, 0) is 11.1 Å². The predicted octanol–water partition coefficient (Wildman–Crippen LogP) is 0.930. The van der Waals surface area contributed by atoms with Gasteiger partial charge in [0.1, 0.15) is 25.7 Å². The van der Waals surface area contributed by atoms with E-state index in [2.05, 4.69) is 20.7 Å². The van der Waals surface area contributed by atoms with Crippen LogP contribution in [0.2, 0.25) is 0 Å². The van der Waals surface area contributed by atoms with Crippen LogP contribution >= 0.6 is 0 Å². The van der Waals surface area contributed by atoms with E-state index in [-0.39, 0.29) is 26.1 Å². The molecule has 2 aromatic rings. The molecule has 9 nitrogen and oxygen atoms in total. The monoisotopic (exact) mass is 427 g/mol. The van der Waals surface area contributed by atoms with Gasteiger partial charge in [-0.3, -0.25) is 14.4 Å². The molecule has 0 saturated heterocycles. The van der Waals surface area contributed by atoms with Crippen LogP contribution in [0.1, 0.15) is 11.1 Å². The molecule has 0 aliphatic rings. The Bertz CT molecular complexity index is 873. The Morgan fingerprint density at radius 3 is 2.06 bits per heavy atom. The second-order valence-electron chi connectivity index (χ2n) is 6.52. The molecule has 0 bridgehead atoms. The summed E-state index contributed by atoms with van der Waals surface area (Å²) in [6.07, 6.45) is -0.549. The summed E-state index contributed by atoms with van der Waals surface area (Å²) in [7, 11) is 1.21. The van der Waals surface area contributed by atoms with Gasteiger partial charge in [0.25, 0.3) is 0 Å². The SMILES string of the molecule is COC(=O)CNC(=O)[C@H](Cc1ccccc1)NC(=O)CNC(=O)OCc1ccccc1. The highest BCUT2D eigenvalue weighted by atomic mass is 16.5. The van der Waals surface area contributed by atoms with Gasteiger partial charge in [0.2, 0.25) is 11.8 Å². The lowest BCUT2D eigenvalue weighted by molar-refractivity contribution is -0.141. The summed E-state index contributed by atoms with van der Waals surface area (Å²) in [5.41, 5.74) is 1.63. The van der Waals surface area contributed by atoms with E-state index in [1.165, 1.54) is 7.11 Å². The van der Waals surface area contributed by atoms with Crippen LogP contribution in [0.25, 0.3) is 0 Å². The van der Waals surface area contributed by atoms with Gasteiger partial charge in [0.05, 0.1) is 7.11 Å². The first kappa shape index (κ1) is 23.4. The van der Waals surface area contributed by atoms with Crippen LogP contribution in [-0.4, -0.2) is 50.1 Å². The molecule has 9 heteroatoms. The normalized spacial score (nSPS) is 11.0. The number of alkyl carbamates (subject to hydrolysis) is 1. The Morgan fingerprint density at radius 2 is 1.45 bits per heavy atom. The number of methoxy groups -OCH3 is 1. The fourth-order valence-corrected chi connectivity index (χ4v) is 2.59. The first-order chi connectivity index (χ1) is 15.0. The molecule has 164 valence electrons. The minimum atomic E-state index is -0.943. The molecule has 0 aliphatic carbocycles. The molecule has 3 amide bonds. The molecule has 2 aromatic carbocycles. The van der Waals surface area contributed by atoms with E-state index in [4.69, 9.17) is 4.74 Å². The number of hydrogen-bond donors (Lipinski definition) is 3. The molecule has 0 unspecified atom stereocenters. The summed E-state index contributed by atoms with van der Waals surface area (Å²) < 4.78 is 9.54. The summed E-state index contributed by atoms with van der Waals surface area (Å²) in [5, 5.41) is 7.33. The van der Waals surface area contributed by atoms with Crippen LogP contribution in [0.3, 0.4) is 0 Å². The molecule has 0 aliphatic heterocycles. The van der Waals surface area contributed by atoms with Crippen molar-refractivity contribution in [2.75, 3.05) is 20.2 Å². The average molecular weight is 427 g/mol. The Hall–Kier alpha value is -3.88. The quantitative estimate of drug-likeness (QED) is 0.485. The number of carbonyl (C=O) groups excluding carboxylic acids is 4. The molecule has 0 fully saturated rings. The van der Waals surface area contributed by atoms with E-state index in [1.54, 1.807) is 12.1 Å². The van der Waals surface area contributed by atoms with Crippen LogP contribution in [0.5, 0.6) is 0 Å². The van der Waals surface area contributed by atoms with Crippen LogP contribution in [0.15, 0.2) is 60.7 Å². The molecular formula is C22H25N3O6. The Labute approximate surface area is 180 Å². The van der Waals surface area contributed by atoms with Gasteiger partial charge in [-0.15, -0.1) is 0 Å². The van der Waals surface area contributed by atoms with Crippen molar-refractivity contribution < 1.29 is 28.7 Å². The summed E-state index contributed by atoms with van der Waals surface area (Å²) in [5.74, 6) is -1.74. The van der Waals surface area contributed by atoms with Gasteiger partial charge in [-0.2, -0.15) is 0 Å². The first-order valence-corrected chi connectivity index (χ1v) is 9.60. The summed E-state index contributed by atoms with van der Waals surface area (Å²) in [6, 6.07) is 17.2. The Balaban J connectivity index is 1.86. The second kappa shape index (κ2) is 12.6. The zero-order valence-electron chi connectivity index (χ0n) is 17.1. The highest BCUT2D eigenvalue weighted by Gasteiger charge is 2.22. The van der Waals surface area contributed by atoms with E-state index in [0.29, 0.717) is 0 Å². The molecular weight excluding hydrogens is 402 g/mol. The maximum atomic E-state index is 12.5. The maximum Gasteiger partial charge on any atom is 0.407 e. The lowest BCUT2D eigenvalue weighted by atomic mass is 10.1. The van der Waals surface area contributed by atoms with E-state index >= 15 is 0 Å². The van der Waals surface area contributed by atoms with Crippen LogP contribution < -0.4 is 16.0 Å². The number of benzene rings is 2. The number of ether oxygens (including phenoxy) is 2. The summed E-state index contributed by atoms with van der Waals surface area (Å²) in [4.78, 5) is 47.8. The first-order valence-electron chi connectivity index (χ1n) is 9.60. The zero-order valence-corrected chi connectivity index (χ0v) is 17.1. The number of rotatable bonds is 10. The molecule has 0 radical (unpaired) electrons. The van der Waals surface area contributed by atoms with Gasteiger partial charge >= 0.3 is 12.1 Å². The van der Waals surface area contributed by atoms with E-state index in [1.807, 2.05) is 48.5 Å². The third-order valence-electron chi connectivity index (χ3n) is 4.18. The maximum absolute atomic E-state index is 12.5. The predicted molar refractivity (Wildman–Crippen MR) is 112 cm³/mol. The molecule has 0 spiro atoms. The number of hydrogen-bond acceptors (Lipinski definition) is 6. The molecule has 1 atom stereocenters. The van der Waals surface area contributed by atoms with Crippen molar-refractivity contribution in [1.29, 1.82) is 0 Å². The third kappa shape index (κ3) is 8.99. The van der Waals surface area contributed by atoms with Gasteiger partial charge < -0.3 is 25.4 Å². The van der Waals surface area contributed by atoms with Crippen molar-refractivity contribution in [3.05, 3.63) is 71.8 Å². The van der Waals surface area contributed by atoms with Crippen molar-refractivity contribution in [1.82, 2.24) is 16.0 Å². The molecule has 2 rings (SSSR count). The standard InChI is InChI=1S/C22H25N3O6/c1-30-20(27)14-23-21(28)18(12-16-8-4-2-5-9-16)25-19(26)13-24-22(29)31-15-17-10-6-3-7-11-17/h2-11,18H,12-15H2,1H3,(H,23,28)(H,24,29)(H,25,26)/t18-/m0/s1. The number of nitrogens with one attached hydrogen (secondary N) is 3. The third-order valence-corrected chi connectivity index (χ3v) is 4.18. The van der Waals surface area contributed by atoms with Crippen molar-refractivity contribution in [2.24, 2.45) is 0 Å². The van der Waals surface area contributed by atoms with Gasteiger partial charge in [0, 0.05) is 6.42 Å². The van der Waals surface area contributed by atoms with Crippen molar-refractivity contribution in [3.63, 3.8) is 0 Å². The largest absolute Gasteiger partial charge is 0.468 e. The fraction of sp³-hybridized carbons (Fsp3) is 0.273. The van der Waals surface area contributed by atoms with Crippen LogP contribution in [-0.2, 0) is 36.9 Å². The number of carbonyl (C=O) groups is 4. The minimum absolute atomic E-state index is 0.0703. The lowest BCUT2D eigenvalue weighted by Gasteiger charge is -2.18. The highest BCUT2D eigenvalue weighted by molar-refractivity contribution is 5.91. The van der Waals surface area contributed by atoms with E-state index in [0.717, 1.165) is 11.1 Å². The fourth-order valence-electron chi connectivity index (χ4n) is 2.59. The van der Waals surface area contributed by atoms with Gasteiger partial charge in [-0.1, -0.05) is 60.7 Å². The second-order valence-corrected chi connectivity index (χ2v) is 6.52. The number of amides is 3. The highest BCUT2D eigenvalue weighted by Crippen LogP contribution is 2.04. The van der Waals surface area contributed by atoms with Gasteiger partial charge in [0.15, 0.2) is 0 Å². The molecule has 31 heavy (non-hydrogen) atoms. The van der Waals surface area contributed by atoms with Crippen LogP contribution in [0, 0.1) is 0 Å². The average Bonchev–Trinajstić information content (AvgIpc) is 2.80. The number of esters is 1. The van der Waals surface area contributed by atoms with Crippen molar-refractivity contribution in [3.8, 4) is 0 Å². The molecule has 0 heterocycles. The van der Waals surface area contributed by atoms with E-state index < -0.39 is 29.9 Å². The summed E-state index contributed by atoms with van der Waals surface area (Å²) >= 11 is 0. The van der Waals surface area contributed by atoms with Crippen LogP contribution in [0.4, 0.5) is 4.79 Å². The smallest absolute Gasteiger partial charge is 0.407 e. The zero-order chi connectivity index (χ0) is 22.5. The Morgan fingerprint density at radius 1 is 0.839 bits per heavy atom. The lowest BCUT2D eigenvalue weighted by Crippen LogP contribution is -2.51.